The van der Waals surface area contributed by atoms with Crippen LogP contribution in [0.3, 0.4) is 0 Å². The smallest absolute Gasteiger partial charge is 0.188 e. The Labute approximate surface area is 129 Å². The molecule has 0 radical (unpaired) electrons. The highest BCUT2D eigenvalue weighted by molar-refractivity contribution is 5.83. The van der Waals surface area contributed by atoms with E-state index >= 15 is 0 Å². The van der Waals surface area contributed by atoms with Crippen molar-refractivity contribution < 1.29 is 14.9 Å². The Balaban J connectivity index is 1.88. The highest BCUT2D eigenvalue weighted by Crippen LogP contribution is 2.26. The quantitative estimate of drug-likeness (QED) is 0.888. The molecule has 0 aliphatic carbocycles. The summed E-state index contributed by atoms with van der Waals surface area (Å²) in [6.07, 6.45) is 0.548. The van der Waals surface area contributed by atoms with Gasteiger partial charge in [0.25, 0.3) is 0 Å². The maximum Gasteiger partial charge on any atom is 0.188 e. The van der Waals surface area contributed by atoms with Crippen LogP contribution in [0.1, 0.15) is 5.56 Å². The van der Waals surface area contributed by atoms with E-state index in [1.165, 1.54) is 0 Å². The minimum atomic E-state index is -0.892. The highest BCUT2D eigenvalue weighted by Gasteiger charge is 2.35. The number of hydrogen-bond donors (Lipinski definition) is 2. The van der Waals surface area contributed by atoms with E-state index in [1.807, 2.05) is 36.4 Å². The van der Waals surface area contributed by atoms with E-state index < -0.39 is 5.54 Å². The van der Waals surface area contributed by atoms with Gasteiger partial charge in [0.2, 0.25) is 0 Å². The maximum atomic E-state index is 9.39. The van der Waals surface area contributed by atoms with Crippen LogP contribution >= 0.6 is 0 Å². The van der Waals surface area contributed by atoms with Crippen LogP contribution in [0.5, 0.6) is 0 Å². The summed E-state index contributed by atoms with van der Waals surface area (Å²) in [5, 5.41) is 18.8. The van der Waals surface area contributed by atoms with Crippen molar-refractivity contribution >= 4 is 5.90 Å². The molecule has 0 atom stereocenters. The van der Waals surface area contributed by atoms with E-state index in [9.17, 15) is 10.2 Å². The summed E-state index contributed by atoms with van der Waals surface area (Å²) < 4.78 is 5.58. The first-order chi connectivity index (χ1) is 10.8. The molecule has 0 aromatic heterocycles. The molecule has 0 saturated carbocycles. The third kappa shape index (κ3) is 2.89. The number of nitrogens with zero attached hydrogens (tertiary/aromatic N) is 1. The molecule has 114 valence electrons. The zero-order valence-corrected chi connectivity index (χ0v) is 12.3. The van der Waals surface area contributed by atoms with Gasteiger partial charge in [0.1, 0.15) is 12.1 Å². The van der Waals surface area contributed by atoms with Crippen LogP contribution in [0, 0.1) is 0 Å². The Kier molecular flexibility index (Phi) is 4.22. The van der Waals surface area contributed by atoms with Crippen molar-refractivity contribution in [3.05, 3.63) is 60.2 Å². The molecule has 3 rings (SSSR count). The predicted octanol–water partition coefficient (Wildman–Crippen LogP) is 2.05. The van der Waals surface area contributed by atoms with Gasteiger partial charge in [0, 0.05) is 6.42 Å². The van der Waals surface area contributed by atoms with E-state index in [0.717, 1.165) is 16.7 Å². The van der Waals surface area contributed by atoms with Crippen LogP contribution in [-0.2, 0) is 11.2 Å². The van der Waals surface area contributed by atoms with Crippen LogP contribution in [0.25, 0.3) is 11.1 Å². The molecule has 0 bridgehead atoms. The second kappa shape index (κ2) is 6.30. The summed E-state index contributed by atoms with van der Waals surface area (Å²) in [6, 6.07) is 18.3. The van der Waals surface area contributed by atoms with E-state index in [4.69, 9.17) is 4.74 Å². The van der Waals surface area contributed by atoms with Gasteiger partial charge in [0.15, 0.2) is 5.90 Å². The number of ether oxygens (including phenoxy) is 1. The zero-order chi connectivity index (χ0) is 15.4. The van der Waals surface area contributed by atoms with Gasteiger partial charge in [-0.2, -0.15) is 0 Å². The minimum absolute atomic E-state index is 0.215. The van der Waals surface area contributed by atoms with Gasteiger partial charge in [0.05, 0.1) is 13.2 Å². The zero-order valence-electron chi connectivity index (χ0n) is 12.3. The Morgan fingerprint density at radius 3 is 2.32 bits per heavy atom. The van der Waals surface area contributed by atoms with E-state index in [1.54, 1.807) is 0 Å². The van der Waals surface area contributed by atoms with E-state index in [-0.39, 0.29) is 19.8 Å². The average Bonchev–Trinajstić information content (AvgIpc) is 3.00. The van der Waals surface area contributed by atoms with Gasteiger partial charge in [-0.1, -0.05) is 54.6 Å². The second-order valence-electron chi connectivity index (χ2n) is 5.53. The lowest BCUT2D eigenvalue weighted by atomic mass is 9.98. The molecule has 0 saturated heterocycles. The summed E-state index contributed by atoms with van der Waals surface area (Å²) in [6.45, 7) is -0.205. The average molecular weight is 297 g/mol. The molecule has 1 aliphatic heterocycles. The van der Waals surface area contributed by atoms with Gasteiger partial charge in [-0.25, -0.2) is 4.99 Å². The van der Waals surface area contributed by atoms with Gasteiger partial charge < -0.3 is 14.9 Å². The standard InChI is InChI=1S/C18H19NO3/c20-11-18(12-21)13-22-17(19-18)10-15-8-4-5-9-16(15)14-6-2-1-3-7-14/h1-9,20-21H,10-13H2. The molecule has 2 aromatic carbocycles. The van der Waals surface area contributed by atoms with Crippen molar-refractivity contribution in [1.82, 2.24) is 0 Å². The number of hydrogen-bond acceptors (Lipinski definition) is 4. The van der Waals surface area contributed by atoms with Crippen molar-refractivity contribution in [3.8, 4) is 11.1 Å². The Morgan fingerprint density at radius 2 is 1.64 bits per heavy atom. The Hall–Kier alpha value is -2.17. The number of aliphatic hydroxyl groups is 2. The molecule has 2 N–H and O–H groups in total. The SMILES string of the molecule is OCC1(CO)COC(Cc2ccccc2-c2ccccc2)=N1. The summed E-state index contributed by atoms with van der Waals surface area (Å²) in [5.74, 6) is 0.562. The van der Waals surface area contributed by atoms with Crippen molar-refractivity contribution in [1.29, 1.82) is 0 Å². The molecule has 0 amide bonds. The summed E-state index contributed by atoms with van der Waals surface area (Å²) in [7, 11) is 0. The number of aliphatic imine (C=N–C) groups is 1. The molecule has 0 unspecified atom stereocenters. The fraction of sp³-hybridized carbons (Fsp3) is 0.278. The molecule has 22 heavy (non-hydrogen) atoms. The Morgan fingerprint density at radius 1 is 0.955 bits per heavy atom. The lowest BCUT2D eigenvalue weighted by Crippen LogP contribution is -2.37. The first-order valence-electron chi connectivity index (χ1n) is 7.33. The molecule has 0 spiro atoms. The highest BCUT2D eigenvalue weighted by atomic mass is 16.5. The summed E-state index contributed by atoms with van der Waals surface area (Å²) >= 11 is 0. The predicted molar refractivity (Wildman–Crippen MR) is 85.9 cm³/mol. The van der Waals surface area contributed by atoms with Crippen LogP contribution in [0.2, 0.25) is 0 Å². The molecule has 0 fully saturated rings. The van der Waals surface area contributed by atoms with E-state index in [2.05, 4.69) is 23.2 Å². The summed E-state index contributed by atoms with van der Waals surface area (Å²) in [4.78, 5) is 4.38. The van der Waals surface area contributed by atoms with Gasteiger partial charge in [-0.3, -0.25) is 0 Å². The normalized spacial score (nSPS) is 16.2. The van der Waals surface area contributed by atoms with Crippen LogP contribution in [0.15, 0.2) is 59.6 Å². The van der Waals surface area contributed by atoms with Crippen molar-refractivity contribution in [3.63, 3.8) is 0 Å². The topological polar surface area (TPSA) is 62.0 Å². The Bertz CT molecular complexity index is 663. The van der Waals surface area contributed by atoms with Crippen LogP contribution in [-0.4, -0.2) is 41.5 Å². The molecule has 2 aromatic rings. The largest absolute Gasteiger partial charge is 0.478 e. The third-order valence-corrected chi connectivity index (χ3v) is 3.90. The van der Waals surface area contributed by atoms with Crippen molar-refractivity contribution in [2.75, 3.05) is 19.8 Å². The molecule has 4 nitrogen and oxygen atoms in total. The first-order valence-corrected chi connectivity index (χ1v) is 7.33. The van der Waals surface area contributed by atoms with Crippen LogP contribution in [0.4, 0.5) is 0 Å². The first kappa shape index (κ1) is 14.8. The number of benzene rings is 2. The number of rotatable bonds is 5. The lowest BCUT2D eigenvalue weighted by molar-refractivity contribution is 0.0973. The number of aliphatic hydroxyl groups excluding tert-OH is 2. The van der Waals surface area contributed by atoms with Crippen molar-refractivity contribution in [2.24, 2.45) is 4.99 Å². The lowest BCUT2D eigenvalue weighted by Gasteiger charge is -2.16. The molecule has 1 heterocycles. The minimum Gasteiger partial charge on any atom is -0.478 e. The molecular weight excluding hydrogens is 278 g/mol. The van der Waals surface area contributed by atoms with Gasteiger partial charge in [-0.15, -0.1) is 0 Å². The molecule has 4 heteroatoms. The van der Waals surface area contributed by atoms with Crippen molar-refractivity contribution in [2.45, 2.75) is 12.0 Å². The van der Waals surface area contributed by atoms with Crippen LogP contribution < -0.4 is 0 Å². The molecule has 1 aliphatic rings. The fourth-order valence-electron chi connectivity index (χ4n) is 2.59. The second-order valence-corrected chi connectivity index (χ2v) is 5.53. The van der Waals surface area contributed by atoms with Gasteiger partial charge >= 0.3 is 0 Å². The maximum absolute atomic E-state index is 9.39. The van der Waals surface area contributed by atoms with Gasteiger partial charge in [-0.05, 0) is 16.7 Å². The fourth-order valence-corrected chi connectivity index (χ4v) is 2.59. The monoisotopic (exact) mass is 297 g/mol. The summed E-state index contributed by atoms with van der Waals surface area (Å²) in [5.41, 5.74) is 2.50. The third-order valence-electron chi connectivity index (χ3n) is 3.90. The van der Waals surface area contributed by atoms with E-state index in [0.29, 0.717) is 12.3 Å². The molecular formula is C18H19NO3.